The number of nitrogens with zero attached hydrogens (tertiary/aromatic N) is 4. The third kappa shape index (κ3) is 4.06. The van der Waals surface area contributed by atoms with Gasteiger partial charge in [0, 0.05) is 42.6 Å². The molecule has 1 aliphatic rings. The van der Waals surface area contributed by atoms with Gasteiger partial charge in [-0.15, -0.1) is 0 Å². The number of hydrogen-bond acceptors (Lipinski definition) is 5. The van der Waals surface area contributed by atoms with E-state index in [1.807, 2.05) is 36.4 Å². The molecular formula is C23H21FN5OP. The summed E-state index contributed by atoms with van der Waals surface area (Å²) in [6.07, 6.45) is 5.86. The van der Waals surface area contributed by atoms with Crippen molar-refractivity contribution in [1.82, 2.24) is 20.2 Å². The summed E-state index contributed by atoms with van der Waals surface area (Å²) < 4.78 is 14.7. The number of rotatable bonds is 4. The highest BCUT2D eigenvalue weighted by atomic mass is 31.1. The van der Waals surface area contributed by atoms with Crippen molar-refractivity contribution in [3.8, 4) is 0 Å². The highest BCUT2D eigenvalue weighted by Gasteiger charge is 2.24. The van der Waals surface area contributed by atoms with Gasteiger partial charge < -0.3 is 4.90 Å². The molecule has 2 aromatic carbocycles. The summed E-state index contributed by atoms with van der Waals surface area (Å²) in [4.78, 5) is 22.9. The maximum Gasteiger partial charge on any atom is 0.272 e. The van der Waals surface area contributed by atoms with Crippen molar-refractivity contribution < 1.29 is 4.39 Å². The van der Waals surface area contributed by atoms with Crippen molar-refractivity contribution in [3.05, 3.63) is 88.4 Å². The van der Waals surface area contributed by atoms with Gasteiger partial charge in [-0.25, -0.2) is 19.5 Å². The van der Waals surface area contributed by atoms with Crippen LogP contribution >= 0.6 is 7.92 Å². The van der Waals surface area contributed by atoms with Crippen LogP contribution in [0, 0.1) is 5.82 Å². The predicted octanol–water partition coefficient (Wildman–Crippen LogP) is 3.07. The van der Waals surface area contributed by atoms with Gasteiger partial charge in [0.1, 0.15) is 5.82 Å². The molecule has 3 heterocycles. The van der Waals surface area contributed by atoms with E-state index in [0.29, 0.717) is 11.8 Å². The average molecular weight is 433 g/mol. The molecule has 156 valence electrons. The smallest absolute Gasteiger partial charge is 0.272 e. The molecule has 1 aliphatic heterocycles. The van der Waals surface area contributed by atoms with Crippen LogP contribution in [0.15, 0.2) is 65.7 Å². The van der Waals surface area contributed by atoms with Gasteiger partial charge >= 0.3 is 0 Å². The molecule has 0 aliphatic carbocycles. The first-order valence-corrected chi connectivity index (χ1v) is 11.9. The Morgan fingerprint density at radius 2 is 1.74 bits per heavy atom. The molecule has 1 saturated heterocycles. The summed E-state index contributed by atoms with van der Waals surface area (Å²) in [6.45, 7) is 1.65. The van der Waals surface area contributed by atoms with Crippen LogP contribution in [0.2, 0.25) is 0 Å². The lowest BCUT2D eigenvalue weighted by atomic mass is 10.0. The summed E-state index contributed by atoms with van der Waals surface area (Å²) in [7, 11) is -0.586. The normalized spacial score (nSPS) is 14.8. The van der Waals surface area contributed by atoms with E-state index in [1.165, 1.54) is 0 Å². The molecule has 1 fully saturated rings. The summed E-state index contributed by atoms with van der Waals surface area (Å²) in [6, 6.07) is 14.6. The number of hydrogen-bond donors (Lipinski definition) is 1. The lowest BCUT2D eigenvalue weighted by Gasteiger charge is -2.32. The summed E-state index contributed by atoms with van der Waals surface area (Å²) in [5, 5.41) is 9.11. The zero-order valence-electron chi connectivity index (χ0n) is 16.8. The number of anilines is 1. The number of benzene rings is 2. The van der Waals surface area contributed by atoms with E-state index in [9.17, 15) is 9.18 Å². The molecule has 31 heavy (non-hydrogen) atoms. The molecular weight excluding hydrogens is 412 g/mol. The second-order valence-electron chi connectivity index (χ2n) is 7.53. The first-order valence-electron chi connectivity index (χ1n) is 10.2. The molecule has 1 N–H and O–H groups in total. The largest absolute Gasteiger partial charge is 0.340 e. The van der Waals surface area contributed by atoms with E-state index in [2.05, 4.69) is 25.1 Å². The Bertz CT molecular complexity index is 1270. The van der Waals surface area contributed by atoms with Gasteiger partial charge in [0.15, 0.2) is 0 Å². The Labute approximate surface area is 179 Å². The minimum absolute atomic E-state index is 0.140. The maximum atomic E-state index is 14.7. The summed E-state index contributed by atoms with van der Waals surface area (Å²) in [5.41, 5.74) is 1.59. The lowest BCUT2D eigenvalue weighted by Crippen LogP contribution is -2.37. The minimum Gasteiger partial charge on any atom is -0.340 e. The topological polar surface area (TPSA) is 74.8 Å². The van der Waals surface area contributed by atoms with Crippen LogP contribution in [0.3, 0.4) is 0 Å². The van der Waals surface area contributed by atoms with Crippen molar-refractivity contribution >= 4 is 29.9 Å². The number of fused-ring (bicyclic) bond motifs is 1. The van der Waals surface area contributed by atoms with Crippen molar-refractivity contribution in [2.75, 3.05) is 30.3 Å². The molecule has 4 aromatic rings. The number of halogens is 1. The molecule has 0 atom stereocenters. The SMILES string of the molecule is O=c1[nH]nc(Cc2ccc(F)c(P3CCN(c4ncccn4)CC3)c2)c2ccccc12. The maximum absolute atomic E-state index is 14.7. The molecule has 0 saturated carbocycles. The van der Waals surface area contributed by atoms with Crippen LogP contribution in [0.1, 0.15) is 11.3 Å². The zero-order chi connectivity index (χ0) is 21.2. The summed E-state index contributed by atoms with van der Waals surface area (Å²) in [5.74, 6) is 0.598. The van der Waals surface area contributed by atoms with Crippen LogP contribution < -0.4 is 15.8 Å². The zero-order valence-corrected chi connectivity index (χ0v) is 17.7. The summed E-state index contributed by atoms with van der Waals surface area (Å²) >= 11 is 0. The second-order valence-corrected chi connectivity index (χ2v) is 9.99. The van der Waals surface area contributed by atoms with Gasteiger partial charge in [0.25, 0.3) is 5.56 Å². The molecule has 2 aromatic heterocycles. The average Bonchev–Trinajstić information content (AvgIpc) is 2.83. The second kappa shape index (κ2) is 8.52. The molecule has 0 amide bonds. The van der Waals surface area contributed by atoms with E-state index in [-0.39, 0.29) is 11.4 Å². The fourth-order valence-corrected chi connectivity index (χ4v) is 6.41. The Balaban J connectivity index is 1.37. The van der Waals surface area contributed by atoms with E-state index >= 15 is 0 Å². The van der Waals surface area contributed by atoms with Crippen molar-refractivity contribution in [3.63, 3.8) is 0 Å². The number of aromatic nitrogens is 4. The number of H-pyrrole nitrogens is 1. The van der Waals surface area contributed by atoms with Crippen LogP contribution in [0.25, 0.3) is 10.8 Å². The standard InChI is InChI=1S/C23H21FN5OP/c24-19-7-6-16(14-20-17-4-1-2-5-18(17)22(30)28-27-20)15-21(19)31-12-10-29(11-13-31)23-25-8-3-9-26-23/h1-9,15H,10-14H2,(H,28,30). The van der Waals surface area contributed by atoms with E-state index in [4.69, 9.17) is 0 Å². The van der Waals surface area contributed by atoms with Gasteiger partial charge in [0.05, 0.1) is 11.1 Å². The Hall–Kier alpha value is -3.18. The highest BCUT2D eigenvalue weighted by molar-refractivity contribution is 7.65. The molecule has 0 spiro atoms. The third-order valence-corrected chi connectivity index (χ3v) is 8.12. The van der Waals surface area contributed by atoms with Gasteiger partial charge in [-0.1, -0.05) is 32.2 Å². The van der Waals surface area contributed by atoms with Crippen LogP contribution in [0.4, 0.5) is 10.3 Å². The quantitative estimate of drug-likeness (QED) is 0.501. The number of aromatic amines is 1. The first kappa shape index (κ1) is 19.8. The molecule has 5 rings (SSSR count). The van der Waals surface area contributed by atoms with Crippen LogP contribution in [-0.2, 0) is 6.42 Å². The van der Waals surface area contributed by atoms with E-state index < -0.39 is 7.92 Å². The fourth-order valence-electron chi connectivity index (χ4n) is 4.01. The predicted molar refractivity (Wildman–Crippen MR) is 122 cm³/mol. The highest BCUT2D eigenvalue weighted by Crippen LogP contribution is 2.38. The minimum atomic E-state index is -0.586. The molecule has 0 bridgehead atoms. The Morgan fingerprint density at radius 1 is 1.00 bits per heavy atom. The van der Waals surface area contributed by atoms with Crippen molar-refractivity contribution in [1.29, 1.82) is 0 Å². The van der Waals surface area contributed by atoms with Gasteiger partial charge in [-0.05, 0) is 42.2 Å². The fraction of sp³-hybridized carbons (Fsp3) is 0.217. The monoisotopic (exact) mass is 433 g/mol. The molecule has 0 unspecified atom stereocenters. The van der Waals surface area contributed by atoms with Crippen LogP contribution in [0.5, 0.6) is 0 Å². The first-order chi connectivity index (χ1) is 15.2. The molecule has 6 nitrogen and oxygen atoms in total. The van der Waals surface area contributed by atoms with E-state index in [0.717, 1.165) is 53.3 Å². The van der Waals surface area contributed by atoms with Gasteiger partial charge in [-0.2, -0.15) is 5.10 Å². The van der Waals surface area contributed by atoms with Gasteiger partial charge in [-0.3, -0.25) is 4.79 Å². The number of nitrogens with one attached hydrogen (secondary N) is 1. The van der Waals surface area contributed by atoms with E-state index in [1.54, 1.807) is 24.5 Å². The van der Waals surface area contributed by atoms with Crippen LogP contribution in [-0.4, -0.2) is 45.6 Å². The van der Waals surface area contributed by atoms with Crippen molar-refractivity contribution in [2.45, 2.75) is 6.42 Å². The van der Waals surface area contributed by atoms with Gasteiger partial charge in [0.2, 0.25) is 5.95 Å². The van der Waals surface area contributed by atoms with Crippen molar-refractivity contribution in [2.24, 2.45) is 0 Å². The molecule has 8 heteroatoms. The lowest BCUT2D eigenvalue weighted by molar-refractivity contribution is 0.635. The Kier molecular flexibility index (Phi) is 5.43. The third-order valence-electron chi connectivity index (χ3n) is 5.61. The molecule has 0 radical (unpaired) electrons. The Morgan fingerprint density at radius 3 is 2.52 bits per heavy atom.